The van der Waals surface area contributed by atoms with Crippen molar-refractivity contribution < 1.29 is 32.2 Å². The molecule has 9 heteroatoms. The van der Waals surface area contributed by atoms with Crippen molar-refractivity contribution in [3.05, 3.63) is 60.0 Å². The zero-order valence-corrected chi connectivity index (χ0v) is 16.9. The van der Waals surface area contributed by atoms with Crippen molar-refractivity contribution >= 4 is 11.7 Å². The highest BCUT2D eigenvalue weighted by Crippen LogP contribution is 2.49. The van der Waals surface area contributed by atoms with Crippen LogP contribution in [0.25, 0.3) is 0 Å². The molecule has 1 aromatic carbocycles. The molecule has 162 valence electrons. The minimum Gasteiger partial charge on any atom is -0.497 e. The number of carbonyl (C=O) groups is 1. The van der Waals surface area contributed by atoms with Crippen LogP contribution in [0.5, 0.6) is 5.75 Å². The Hall–Kier alpha value is -2.94. The van der Waals surface area contributed by atoms with Crippen molar-refractivity contribution in [3.8, 4) is 5.75 Å². The van der Waals surface area contributed by atoms with Gasteiger partial charge >= 0.3 is 12.4 Å². The van der Waals surface area contributed by atoms with Crippen LogP contribution < -0.4 is 10.1 Å². The maximum Gasteiger partial charge on any atom is 0.573 e. The van der Waals surface area contributed by atoms with Crippen molar-refractivity contribution in [3.63, 3.8) is 0 Å². The predicted octanol–water partition coefficient (Wildman–Crippen LogP) is 4.83. The number of benzene rings is 1. The first-order valence-corrected chi connectivity index (χ1v) is 9.22. The topological polar surface area (TPSA) is 60.0 Å². The number of hydrogen-bond acceptors (Lipinski definition) is 4. The summed E-state index contributed by atoms with van der Waals surface area (Å²) in [6.45, 7) is 6.50. The van der Waals surface area contributed by atoms with Crippen molar-refractivity contribution in [2.45, 2.75) is 25.8 Å². The summed E-state index contributed by atoms with van der Waals surface area (Å²) in [5.41, 5.74) is 1.32. The number of urea groups is 1. The number of nitrogens with one attached hydrogen (secondary N) is 1. The Labute approximate surface area is 172 Å². The van der Waals surface area contributed by atoms with Gasteiger partial charge in [-0.3, -0.25) is 4.90 Å². The van der Waals surface area contributed by atoms with Crippen LogP contribution in [0.4, 0.5) is 23.7 Å². The monoisotopic (exact) mass is 424 g/mol. The third-order valence-corrected chi connectivity index (χ3v) is 5.47. The molecule has 0 radical (unpaired) electrons. The molecule has 1 aliphatic carbocycles. The molecule has 1 saturated heterocycles. The summed E-state index contributed by atoms with van der Waals surface area (Å²) in [5, 5.41) is 2.69. The molecule has 0 saturated carbocycles. The lowest BCUT2D eigenvalue weighted by Gasteiger charge is -2.48. The number of rotatable bonds is 4. The number of alkyl halides is 3. The van der Waals surface area contributed by atoms with Gasteiger partial charge in [0, 0.05) is 25.0 Å². The summed E-state index contributed by atoms with van der Waals surface area (Å²) >= 11 is 0. The van der Waals surface area contributed by atoms with Crippen LogP contribution in [0.1, 0.15) is 13.3 Å². The van der Waals surface area contributed by atoms with Gasteiger partial charge in [0.2, 0.25) is 0 Å². The highest BCUT2D eigenvalue weighted by molar-refractivity contribution is 5.91. The molecule has 1 fully saturated rings. The maximum absolute atomic E-state index is 12.9. The molecular weight excluding hydrogens is 401 g/mol. The molecule has 6 nitrogen and oxygen atoms in total. The van der Waals surface area contributed by atoms with Crippen LogP contribution in [0.3, 0.4) is 0 Å². The van der Waals surface area contributed by atoms with E-state index in [0.29, 0.717) is 30.1 Å². The van der Waals surface area contributed by atoms with E-state index in [1.807, 2.05) is 19.1 Å². The third-order valence-electron chi connectivity index (χ3n) is 5.47. The number of methoxy groups -OCH3 is 2. The smallest absolute Gasteiger partial charge is 0.497 e. The lowest BCUT2D eigenvalue weighted by Crippen LogP contribution is -2.51. The van der Waals surface area contributed by atoms with E-state index in [9.17, 15) is 18.0 Å². The molecule has 2 atom stereocenters. The van der Waals surface area contributed by atoms with Crippen molar-refractivity contribution in [1.29, 1.82) is 0 Å². The van der Waals surface area contributed by atoms with E-state index in [0.717, 1.165) is 17.7 Å². The SMILES string of the molecule is C=C1N(C(=O)Nc2ccc(OC(F)(F)F)cc2)CCC2=CC(OC)=CC(OC)C12C. The minimum atomic E-state index is -4.77. The van der Waals surface area contributed by atoms with Gasteiger partial charge in [-0.1, -0.05) is 12.2 Å². The lowest BCUT2D eigenvalue weighted by molar-refractivity contribution is -0.274. The highest BCUT2D eigenvalue weighted by Gasteiger charge is 2.48. The molecule has 2 aliphatic rings. The molecule has 0 aromatic heterocycles. The number of ether oxygens (including phenoxy) is 3. The van der Waals surface area contributed by atoms with E-state index in [1.54, 1.807) is 14.2 Å². The molecule has 0 bridgehead atoms. The highest BCUT2D eigenvalue weighted by atomic mass is 19.4. The molecule has 30 heavy (non-hydrogen) atoms. The second-order valence-corrected chi connectivity index (χ2v) is 7.15. The van der Waals surface area contributed by atoms with Crippen molar-refractivity contribution in [2.24, 2.45) is 5.41 Å². The predicted molar refractivity (Wildman–Crippen MR) is 105 cm³/mol. The summed E-state index contributed by atoms with van der Waals surface area (Å²) < 4.78 is 51.7. The number of likely N-dealkylation sites (tertiary alicyclic amines) is 1. The second kappa shape index (κ2) is 8.06. The average molecular weight is 424 g/mol. The Kier molecular flexibility index (Phi) is 5.85. The average Bonchev–Trinajstić information content (AvgIpc) is 2.68. The Balaban J connectivity index is 1.75. The fraction of sp³-hybridized carbons (Fsp3) is 0.381. The van der Waals surface area contributed by atoms with Gasteiger partial charge in [0.15, 0.2) is 0 Å². The molecule has 0 spiro atoms. The molecule has 1 N–H and O–H groups in total. The van der Waals surface area contributed by atoms with Gasteiger partial charge in [-0.2, -0.15) is 0 Å². The number of amides is 2. The van der Waals surface area contributed by atoms with Crippen molar-refractivity contribution in [2.75, 3.05) is 26.1 Å². The van der Waals surface area contributed by atoms with Crippen LogP contribution in [-0.4, -0.2) is 44.2 Å². The fourth-order valence-electron chi connectivity index (χ4n) is 3.78. The number of carbonyl (C=O) groups excluding carboxylic acids is 1. The summed E-state index contributed by atoms with van der Waals surface area (Å²) in [7, 11) is 3.17. The summed E-state index contributed by atoms with van der Waals surface area (Å²) in [6.07, 6.45) is -0.757. The first-order valence-electron chi connectivity index (χ1n) is 9.22. The standard InChI is InChI=1S/C21H23F3N2O4/c1-13-20(2)14(11-17(28-3)12-18(20)29-4)9-10-26(13)19(27)25-15-5-7-16(8-6-15)30-21(22,23)24/h5-8,11-12,18H,1,9-10H2,2-4H3,(H,25,27). The normalized spacial score (nSPS) is 23.9. The van der Waals surface area contributed by atoms with Crippen LogP contribution in [0.2, 0.25) is 0 Å². The van der Waals surface area contributed by atoms with Crippen LogP contribution in [0, 0.1) is 5.41 Å². The number of fused-ring (bicyclic) bond motifs is 1. The quantitative estimate of drug-likeness (QED) is 0.752. The first kappa shape index (κ1) is 21.8. The molecule has 1 aliphatic heterocycles. The third kappa shape index (κ3) is 4.16. The minimum absolute atomic E-state index is 0.335. The van der Waals surface area contributed by atoms with E-state index in [1.165, 1.54) is 17.0 Å². The number of halogens is 3. The molecule has 2 amide bonds. The number of piperidine rings is 1. The van der Waals surface area contributed by atoms with E-state index in [4.69, 9.17) is 9.47 Å². The number of hydrogen-bond donors (Lipinski definition) is 1. The Morgan fingerprint density at radius 1 is 1.27 bits per heavy atom. The molecule has 1 heterocycles. The van der Waals surface area contributed by atoms with Gasteiger partial charge in [-0.25, -0.2) is 4.79 Å². The molecule has 2 unspecified atom stereocenters. The number of anilines is 1. The van der Waals surface area contributed by atoms with Gasteiger partial charge in [-0.05, 0) is 49.8 Å². The Bertz CT molecular complexity index is 893. The number of allylic oxidation sites excluding steroid dienone is 1. The van der Waals surface area contributed by atoms with E-state index in [2.05, 4.69) is 16.6 Å². The molecule has 1 aromatic rings. The summed E-state index contributed by atoms with van der Waals surface area (Å²) in [4.78, 5) is 14.4. The van der Waals surface area contributed by atoms with Gasteiger partial charge in [0.1, 0.15) is 11.5 Å². The first-order chi connectivity index (χ1) is 14.1. The van der Waals surface area contributed by atoms with Gasteiger partial charge in [-0.15, -0.1) is 13.2 Å². The molecule has 3 rings (SSSR count). The van der Waals surface area contributed by atoms with Crippen LogP contribution >= 0.6 is 0 Å². The van der Waals surface area contributed by atoms with E-state index < -0.39 is 17.8 Å². The van der Waals surface area contributed by atoms with Gasteiger partial charge < -0.3 is 19.5 Å². The lowest BCUT2D eigenvalue weighted by atomic mass is 9.68. The zero-order valence-electron chi connectivity index (χ0n) is 16.9. The largest absolute Gasteiger partial charge is 0.573 e. The Morgan fingerprint density at radius 3 is 2.50 bits per heavy atom. The van der Waals surface area contributed by atoms with Gasteiger partial charge in [0.25, 0.3) is 0 Å². The van der Waals surface area contributed by atoms with Crippen molar-refractivity contribution in [1.82, 2.24) is 4.90 Å². The van der Waals surface area contributed by atoms with Gasteiger partial charge in [0.05, 0.1) is 18.6 Å². The molecular formula is C21H23F3N2O4. The zero-order chi connectivity index (χ0) is 22.1. The number of nitrogens with zero attached hydrogens (tertiary/aromatic N) is 1. The second-order valence-electron chi connectivity index (χ2n) is 7.15. The fourth-order valence-corrected chi connectivity index (χ4v) is 3.78. The maximum atomic E-state index is 12.9. The van der Waals surface area contributed by atoms with Crippen LogP contribution in [0.15, 0.2) is 60.0 Å². The summed E-state index contributed by atoms with van der Waals surface area (Å²) in [6, 6.07) is 4.52. The van der Waals surface area contributed by atoms with E-state index in [-0.39, 0.29) is 11.9 Å². The van der Waals surface area contributed by atoms with Crippen LogP contribution in [-0.2, 0) is 9.47 Å². The Morgan fingerprint density at radius 2 is 1.93 bits per heavy atom. The van der Waals surface area contributed by atoms with E-state index >= 15 is 0 Å². The summed E-state index contributed by atoms with van der Waals surface area (Å²) in [5.74, 6) is 0.331.